The molecule has 0 radical (unpaired) electrons. The van der Waals surface area contributed by atoms with Crippen LogP contribution >= 0.6 is 0 Å². The van der Waals surface area contributed by atoms with Gasteiger partial charge in [0, 0.05) is 18.3 Å². The number of benzene rings is 1. The Labute approximate surface area is 125 Å². The number of amides is 1. The summed E-state index contributed by atoms with van der Waals surface area (Å²) in [6.07, 6.45) is 4.10. The van der Waals surface area contributed by atoms with Crippen molar-refractivity contribution < 1.29 is 9.53 Å². The van der Waals surface area contributed by atoms with Crippen molar-refractivity contribution in [2.75, 3.05) is 31.6 Å². The SMILES string of the molecule is NC1CCc2ccc(OCCN3CCCC3)cc2NC1=O. The van der Waals surface area contributed by atoms with Crippen LogP contribution in [0.2, 0.25) is 0 Å². The molecule has 1 saturated heterocycles. The molecular weight excluding hydrogens is 266 g/mol. The molecule has 0 aromatic heterocycles. The van der Waals surface area contributed by atoms with Crippen molar-refractivity contribution in [3.8, 4) is 5.75 Å². The van der Waals surface area contributed by atoms with Crippen LogP contribution in [0.25, 0.3) is 0 Å². The molecule has 2 aliphatic rings. The lowest BCUT2D eigenvalue weighted by Crippen LogP contribution is -2.34. The van der Waals surface area contributed by atoms with Gasteiger partial charge in [0.1, 0.15) is 12.4 Å². The maximum Gasteiger partial charge on any atom is 0.241 e. The number of aryl methyl sites for hydroxylation is 1. The van der Waals surface area contributed by atoms with E-state index < -0.39 is 6.04 Å². The third kappa shape index (κ3) is 3.54. The van der Waals surface area contributed by atoms with Crippen molar-refractivity contribution in [1.82, 2.24) is 4.90 Å². The molecule has 2 heterocycles. The lowest BCUT2D eigenvalue weighted by molar-refractivity contribution is -0.117. The van der Waals surface area contributed by atoms with E-state index in [0.29, 0.717) is 13.0 Å². The number of nitrogens with one attached hydrogen (secondary N) is 1. The van der Waals surface area contributed by atoms with Gasteiger partial charge < -0.3 is 15.8 Å². The summed E-state index contributed by atoms with van der Waals surface area (Å²) in [6.45, 7) is 4.02. The number of ether oxygens (including phenoxy) is 1. The Morgan fingerprint density at radius 1 is 1.33 bits per heavy atom. The average molecular weight is 289 g/mol. The second-order valence-corrected chi connectivity index (χ2v) is 5.85. The number of nitrogens with two attached hydrogens (primary N) is 1. The first kappa shape index (κ1) is 14.4. The smallest absolute Gasteiger partial charge is 0.241 e. The van der Waals surface area contributed by atoms with Crippen LogP contribution in [-0.4, -0.2) is 43.1 Å². The van der Waals surface area contributed by atoms with Crippen LogP contribution in [0, 0.1) is 0 Å². The normalized spacial score (nSPS) is 22.5. The lowest BCUT2D eigenvalue weighted by atomic mass is 10.1. The number of fused-ring (bicyclic) bond motifs is 1. The Morgan fingerprint density at radius 3 is 2.95 bits per heavy atom. The number of carbonyl (C=O) groups excluding carboxylic acids is 1. The fraction of sp³-hybridized carbons (Fsp3) is 0.562. The Kier molecular flexibility index (Phi) is 4.41. The van der Waals surface area contributed by atoms with Gasteiger partial charge in [0.25, 0.3) is 0 Å². The second-order valence-electron chi connectivity index (χ2n) is 5.85. The molecule has 1 atom stereocenters. The van der Waals surface area contributed by atoms with Crippen molar-refractivity contribution in [3.05, 3.63) is 23.8 Å². The first-order valence-corrected chi connectivity index (χ1v) is 7.77. The highest BCUT2D eigenvalue weighted by atomic mass is 16.5. The Balaban J connectivity index is 1.59. The molecule has 5 heteroatoms. The van der Waals surface area contributed by atoms with Crippen LogP contribution in [0.1, 0.15) is 24.8 Å². The van der Waals surface area contributed by atoms with Gasteiger partial charge in [-0.1, -0.05) is 6.07 Å². The van der Waals surface area contributed by atoms with E-state index in [4.69, 9.17) is 10.5 Å². The van der Waals surface area contributed by atoms with Crippen LogP contribution in [-0.2, 0) is 11.2 Å². The molecule has 3 N–H and O–H groups in total. The van der Waals surface area contributed by atoms with Crippen molar-refractivity contribution in [2.45, 2.75) is 31.7 Å². The summed E-state index contributed by atoms with van der Waals surface area (Å²) < 4.78 is 5.81. The van der Waals surface area contributed by atoms with Crippen LogP contribution in [0.4, 0.5) is 5.69 Å². The van der Waals surface area contributed by atoms with Gasteiger partial charge in [0.2, 0.25) is 5.91 Å². The van der Waals surface area contributed by atoms with E-state index in [2.05, 4.69) is 10.2 Å². The number of carbonyl (C=O) groups is 1. The molecule has 1 fully saturated rings. The summed E-state index contributed by atoms with van der Waals surface area (Å²) in [4.78, 5) is 14.2. The molecule has 2 aliphatic heterocycles. The van der Waals surface area contributed by atoms with Crippen molar-refractivity contribution in [1.29, 1.82) is 0 Å². The van der Waals surface area contributed by atoms with Gasteiger partial charge >= 0.3 is 0 Å². The Bertz CT molecular complexity index is 512. The van der Waals surface area contributed by atoms with E-state index in [1.54, 1.807) is 0 Å². The van der Waals surface area contributed by atoms with E-state index in [-0.39, 0.29) is 5.91 Å². The van der Waals surface area contributed by atoms with E-state index in [9.17, 15) is 4.79 Å². The molecule has 3 rings (SSSR count). The first-order valence-electron chi connectivity index (χ1n) is 7.77. The number of nitrogens with zero attached hydrogens (tertiary/aromatic N) is 1. The van der Waals surface area contributed by atoms with Crippen LogP contribution < -0.4 is 15.8 Å². The van der Waals surface area contributed by atoms with E-state index in [0.717, 1.165) is 30.0 Å². The van der Waals surface area contributed by atoms with Gasteiger partial charge in [-0.3, -0.25) is 9.69 Å². The quantitative estimate of drug-likeness (QED) is 0.878. The summed E-state index contributed by atoms with van der Waals surface area (Å²) >= 11 is 0. The van der Waals surface area contributed by atoms with Crippen LogP contribution in [0.15, 0.2) is 18.2 Å². The second kappa shape index (κ2) is 6.45. The van der Waals surface area contributed by atoms with Gasteiger partial charge in [-0.15, -0.1) is 0 Å². The highest BCUT2D eigenvalue weighted by Crippen LogP contribution is 2.26. The average Bonchev–Trinajstić information content (AvgIpc) is 2.94. The zero-order chi connectivity index (χ0) is 14.7. The fourth-order valence-corrected chi connectivity index (χ4v) is 2.95. The summed E-state index contributed by atoms with van der Waals surface area (Å²) in [7, 11) is 0. The molecule has 114 valence electrons. The number of hydrogen-bond donors (Lipinski definition) is 2. The molecular formula is C16H23N3O2. The maximum atomic E-state index is 11.8. The van der Waals surface area contributed by atoms with Gasteiger partial charge in [-0.05, 0) is 50.4 Å². The zero-order valence-electron chi connectivity index (χ0n) is 12.3. The number of rotatable bonds is 4. The lowest BCUT2D eigenvalue weighted by Gasteiger charge is -2.16. The summed E-state index contributed by atoms with van der Waals surface area (Å²) in [6, 6.07) is 5.50. The number of likely N-dealkylation sites (tertiary alicyclic amines) is 1. The molecule has 21 heavy (non-hydrogen) atoms. The first-order chi connectivity index (χ1) is 10.2. The third-order valence-electron chi connectivity index (χ3n) is 4.28. The molecule has 0 saturated carbocycles. The highest BCUT2D eigenvalue weighted by Gasteiger charge is 2.20. The van der Waals surface area contributed by atoms with Gasteiger partial charge in [0.15, 0.2) is 0 Å². The zero-order valence-corrected chi connectivity index (χ0v) is 12.3. The van der Waals surface area contributed by atoms with Crippen molar-refractivity contribution in [3.63, 3.8) is 0 Å². The molecule has 5 nitrogen and oxygen atoms in total. The molecule has 0 bridgehead atoms. The number of hydrogen-bond acceptors (Lipinski definition) is 4. The Hall–Kier alpha value is -1.59. The molecule has 1 amide bonds. The van der Waals surface area contributed by atoms with E-state index in [1.807, 2.05) is 18.2 Å². The minimum Gasteiger partial charge on any atom is -0.492 e. The standard InChI is InChI=1S/C16H23N3O2/c17-14-6-4-12-3-5-13(11-15(12)18-16(14)20)21-10-9-19-7-1-2-8-19/h3,5,11,14H,1-2,4,6-10,17H2,(H,18,20). The maximum absolute atomic E-state index is 11.8. The summed E-state index contributed by atoms with van der Waals surface area (Å²) in [5.74, 6) is 0.701. The molecule has 1 unspecified atom stereocenters. The predicted molar refractivity (Wildman–Crippen MR) is 82.5 cm³/mol. The molecule has 0 aliphatic carbocycles. The fourth-order valence-electron chi connectivity index (χ4n) is 2.95. The van der Waals surface area contributed by atoms with Crippen LogP contribution in [0.3, 0.4) is 0 Å². The predicted octanol–water partition coefficient (Wildman–Crippen LogP) is 1.37. The van der Waals surface area contributed by atoms with E-state index in [1.165, 1.54) is 25.9 Å². The third-order valence-corrected chi connectivity index (χ3v) is 4.28. The summed E-state index contributed by atoms with van der Waals surface area (Å²) in [5, 5.41) is 2.89. The topological polar surface area (TPSA) is 67.6 Å². The molecule has 1 aromatic rings. The Morgan fingerprint density at radius 2 is 2.14 bits per heavy atom. The monoisotopic (exact) mass is 289 g/mol. The van der Waals surface area contributed by atoms with Gasteiger partial charge in [0.05, 0.1) is 6.04 Å². The largest absolute Gasteiger partial charge is 0.492 e. The van der Waals surface area contributed by atoms with Crippen molar-refractivity contribution >= 4 is 11.6 Å². The minimum absolute atomic E-state index is 0.108. The highest BCUT2D eigenvalue weighted by molar-refractivity contribution is 5.96. The molecule has 0 spiro atoms. The van der Waals surface area contributed by atoms with Gasteiger partial charge in [-0.25, -0.2) is 0 Å². The minimum atomic E-state index is -0.420. The number of anilines is 1. The molecule has 1 aromatic carbocycles. The van der Waals surface area contributed by atoms with Crippen LogP contribution in [0.5, 0.6) is 5.75 Å². The van der Waals surface area contributed by atoms with Gasteiger partial charge in [-0.2, -0.15) is 0 Å². The van der Waals surface area contributed by atoms with Crippen molar-refractivity contribution in [2.24, 2.45) is 5.73 Å². The summed E-state index contributed by atoms with van der Waals surface area (Å²) in [5.41, 5.74) is 7.76. The van der Waals surface area contributed by atoms with E-state index >= 15 is 0 Å².